The molecule has 0 aromatic heterocycles. The van der Waals surface area contributed by atoms with Crippen LogP contribution in [0.1, 0.15) is 46.5 Å². The van der Waals surface area contributed by atoms with Crippen molar-refractivity contribution in [3.63, 3.8) is 0 Å². The van der Waals surface area contributed by atoms with E-state index in [1.54, 1.807) is 0 Å². The maximum atomic E-state index is 12.4. The van der Waals surface area contributed by atoms with Crippen molar-refractivity contribution in [2.24, 2.45) is 0 Å². The lowest BCUT2D eigenvalue weighted by Crippen LogP contribution is -2.28. The number of nitrogens with zero attached hydrogens (tertiary/aromatic N) is 2. The summed E-state index contributed by atoms with van der Waals surface area (Å²) >= 11 is 0. The van der Waals surface area contributed by atoms with Gasteiger partial charge in [0.15, 0.2) is 0 Å². The van der Waals surface area contributed by atoms with Crippen molar-refractivity contribution in [1.29, 1.82) is 0 Å². The molecule has 0 atom stereocenters. The molecule has 0 spiro atoms. The van der Waals surface area contributed by atoms with E-state index < -0.39 is 7.60 Å². The minimum Gasteiger partial charge on any atom is -0.359 e. The summed E-state index contributed by atoms with van der Waals surface area (Å²) in [7, 11) is -2.92. The van der Waals surface area contributed by atoms with Gasteiger partial charge in [-0.1, -0.05) is 26.2 Å². The molecule has 6 heteroatoms. The first kappa shape index (κ1) is 18.5. The summed E-state index contributed by atoms with van der Waals surface area (Å²) in [6.07, 6.45) is 9.76. The van der Waals surface area contributed by atoms with Crippen LogP contribution in [0.2, 0.25) is 0 Å². The number of unbranched alkanes of at least 4 members (excludes halogenated alkanes) is 3. The second kappa shape index (κ2) is 10.3. The maximum Gasteiger partial charge on any atom is 0.332 e. The topological polar surface area (TPSA) is 42.0 Å². The molecule has 0 N–H and O–H groups in total. The predicted molar refractivity (Wildman–Crippen MR) is 87.3 cm³/mol. The van der Waals surface area contributed by atoms with Gasteiger partial charge in [-0.2, -0.15) is 0 Å². The van der Waals surface area contributed by atoms with Gasteiger partial charge in [-0.25, -0.2) is 0 Å². The summed E-state index contributed by atoms with van der Waals surface area (Å²) in [6.45, 7) is 9.46. The summed E-state index contributed by atoms with van der Waals surface area (Å²) in [6, 6.07) is 0. The van der Waals surface area contributed by atoms with Gasteiger partial charge in [-0.15, -0.1) is 0 Å². The highest BCUT2D eigenvalue weighted by atomic mass is 31.2. The van der Waals surface area contributed by atoms with Crippen molar-refractivity contribution < 1.29 is 13.6 Å². The van der Waals surface area contributed by atoms with Crippen molar-refractivity contribution >= 4 is 7.60 Å². The molecule has 21 heavy (non-hydrogen) atoms. The van der Waals surface area contributed by atoms with Gasteiger partial charge in [0.05, 0.1) is 26.0 Å². The third-order valence-electron chi connectivity index (χ3n) is 3.46. The van der Waals surface area contributed by atoms with Gasteiger partial charge in [0.1, 0.15) is 0 Å². The molecule has 0 unspecified atom stereocenters. The summed E-state index contributed by atoms with van der Waals surface area (Å²) in [4.78, 5) is 4.48. The van der Waals surface area contributed by atoms with E-state index >= 15 is 0 Å². The fourth-order valence-electron chi connectivity index (χ4n) is 2.36. The Labute approximate surface area is 129 Å². The Balaban J connectivity index is 2.25. The van der Waals surface area contributed by atoms with Crippen LogP contribution < -0.4 is 0 Å². The first-order valence-electron chi connectivity index (χ1n) is 8.18. The Hall–Kier alpha value is -0.510. The van der Waals surface area contributed by atoms with E-state index in [4.69, 9.17) is 9.05 Å². The molecule has 0 saturated heterocycles. The molecule has 1 rings (SSSR count). The molecule has 0 fully saturated rings. The molecule has 0 bridgehead atoms. The fraction of sp³-hybridized carbons (Fsp3) is 0.867. The summed E-state index contributed by atoms with van der Waals surface area (Å²) < 4.78 is 23.0. The quantitative estimate of drug-likeness (QED) is 0.403. The summed E-state index contributed by atoms with van der Waals surface area (Å²) in [5.74, 6) is 0. The second-order valence-electron chi connectivity index (χ2n) is 5.30. The molecule has 0 saturated carbocycles. The molecule has 5 nitrogen and oxygen atoms in total. The molecule has 0 aromatic rings. The molecule has 0 radical (unpaired) electrons. The lowest BCUT2D eigenvalue weighted by atomic mass is 10.2. The SMILES string of the molecule is CCCCCCN1C=CN(CCP(=O)(OCC)OCC)C1. The molecule has 124 valence electrons. The zero-order valence-corrected chi connectivity index (χ0v) is 14.7. The predicted octanol–water partition coefficient (Wildman–Crippen LogP) is 3.88. The molecule has 1 heterocycles. The van der Waals surface area contributed by atoms with Crippen molar-refractivity contribution in [2.75, 3.05) is 39.1 Å². The molecule has 0 amide bonds. The highest BCUT2D eigenvalue weighted by molar-refractivity contribution is 7.53. The number of hydrogen-bond donors (Lipinski definition) is 0. The Morgan fingerprint density at radius 1 is 0.952 bits per heavy atom. The van der Waals surface area contributed by atoms with Gasteiger partial charge in [-0.05, 0) is 20.3 Å². The van der Waals surface area contributed by atoms with E-state index in [9.17, 15) is 4.57 Å². The summed E-state index contributed by atoms with van der Waals surface area (Å²) in [5.41, 5.74) is 0. The van der Waals surface area contributed by atoms with Crippen LogP contribution in [0.3, 0.4) is 0 Å². The molecule has 0 aromatic carbocycles. The maximum absolute atomic E-state index is 12.4. The van der Waals surface area contributed by atoms with E-state index in [1.807, 2.05) is 13.8 Å². The van der Waals surface area contributed by atoms with Crippen molar-refractivity contribution in [3.05, 3.63) is 12.4 Å². The molecule has 1 aliphatic rings. The Morgan fingerprint density at radius 2 is 1.57 bits per heavy atom. The molecular weight excluding hydrogens is 287 g/mol. The van der Waals surface area contributed by atoms with Crippen molar-refractivity contribution in [2.45, 2.75) is 46.5 Å². The third-order valence-corrected chi connectivity index (χ3v) is 5.51. The van der Waals surface area contributed by atoms with E-state index in [0.29, 0.717) is 25.9 Å². The molecule has 0 aliphatic carbocycles. The first-order chi connectivity index (χ1) is 10.1. The van der Waals surface area contributed by atoms with Crippen LogP contribution >= 0.6 is 7.60 Å². The fourth-order valence-corrected chi connectivity index (χ4v) is 3.98. The standard InChI is InChI=1S/C15H31N2O3P/c1-4-7-8-9-10-16-11-12-17(15-16)13-14-21(18,19-5-2)20-6-3/h11-12H,4-10,13-15H2,1-3H3. The second-order valence-corrected chi connectivity index (χ2v) is 7.48. The monoisotopic (exact) mass is 318 g/mol. The average Bonchev–Trinajstić information content (AvgIpc) is 2.90. The minimum atomic E-state index is -2.92. The van der Waals surface area contributed by atoms with Crippen LogP contribution in [0.25, 0.3) is 0 Å². The zero-order chi connectivity index (χ0) is 15.6. The first-order valence-corrected chi connectivity index (χ1v) is 9.91. The van der Waals surface area contributed by atoms with E-state index in [1.165, 1.54) is 25.7 Å². The van der Waals surface area contributed by atoms with Crippen molar-refractivity contribution in [1.82, 2.24) is 9.80 Å². The number of rotatable bonds is 12. The Morgan fingerprint density at radius 3 is 2.14 bits per heavy atom. The van der Waals surface area contributed by atoms with Crippen LogP contribution in [0, 0.1) is 0 Å². The van der Waals surface area contributed by atoms with Gasteiger partial charge in [0, 0.05) is 25.5 Å². The zero-order valence-electron chi connectivity index (χ0n) is 13.8. The van der Waals surface area contributed by atoms with Gasteiger partial charge in [-0.3, -0.25) is 4.57 Å². The summed E-state index contributed by atoms with van der Waals surface area (Å²) in [5, 5.41) is 0. The van der Waals surface area contributed by atoms with Gasteiger partial charge in [0.2, 0.25) is 0 Å². The normalized spacial score (nSPS) is 15.2. The minimum absolute atomic E-state index is 0.427. The van der Waals surface area contributed by atoms with Crippen LogP contribution in [-0.4, -0.2) is 48.9 Å². The Kier molecular flexibility index (Phi) is 9.05. The van der Waals surface area contributed by atoms with Crippen LogP contribution in [0.15, 0.2) is 12.4 Å². The van der Waals surface area contributed by atoms with Crippen molar-refractivity contribution in [3.8, 4) is 0 Å². The van der Waals surface area contributed by atoms with Crippen LogP contribution in [0.4, 0.5) is 0 Å². The average molecular weight is 318 g/mol. The third kappa shape index (κ3) is 7.35. The van der Waals surface area contributed by atoms with Crippen LogP contribution in [0.5, 0.6) is 0 Å². The van der Waals surface area contributed by atoms with E-state index in [2.05, 4.69) is 29.1 Å². The smallest absolute Gasteiger partial charge is 0.332 e. The lowest BCUT2D eigenvalue weighted by molar-refractivity contribution is 0.213. The Bertz CT molecular complexity index is 340. The highest BCUT2D eigenvalue weighted by Gasteiger charge is 2.24. The van der Waals surface area contributed by atoms with E-state index in [-0.39, 0.29) is 0 Å². The van der Waals surface area contributed by atoms with Gasteiger partial charge in [0.25, 0.3) is 0 Å². The lowest BCUT2D eigenvalue weighted by Gasteiger charge is -2.23. The largest absolute Gasteiger partial charge is 0.359 e. The molecular formula is C15H31N2O3P. The molecule has 1 aliphatic heterocycles. The van der Waals surface area contributed by atoms with E-state index in [0.717, 1.165) is 13.2 Å². The number of hydrogen-bond acceptors (Lipinski definition) is 5. The van der Waals surface area contributed by atoms with Crippen LogP contribution in [-0.2, 0) is 13.6 Å². The van der Waals surface area contributed by atoms with Gasteiger partial charge < -0.3 is 18.8 Å². The van der Waals surface area contributed by atoms with Gasteiger partial charge >= 0.3 is 7.60 Å². The highest BCUT2D eigenvalue weighted by Crippen LogP contribution is 2.47.